The van der Waals surface area contributed by atoms with Gasteiger partial charge >= 0.3 is 0 Å². The number of rotatable bonds is 4. The fourth-order valence-electron chi connectivity index (χ4n) is 2.69. The average Bonchev–Trinajstić information content (AvgIpc) is 2.71. The zero-order valence-corrected chi connectivity index (χ0v) is 12.4. The zero-order chi connectivity index (χ0) is 14.0. The largest absolute Gasteiger partial charge is 0.303 e. The van der Waals surface area contributed by atoms with Crippen LogP contribution < -0.4 is 5.32 Å². The van der Waals surface area contributed by atoms with Crippen molar-refractivity contribution in [2.75, 3.05) is 0 Å². The van der Waals surface area contributed by atoms with Crippen molar-refractivity contribution in [3.05, 3.63) is 46.5 Å². The molecule has 1 N–H and O–H groups in total. The topological polar surface area (TPSA) is 42.7 Å². The molecule has 4 heteroatoms. The molecule has 19 heavy (non-hydrogen) atoms. The average molecular weight is 258 g/mol. The van der Waals surface area contributed by atoms with Crippen LogP contribution in [0.2, 0.25) is 0 Å². The van der Waals surface area contributed by atoms with Gasteiger partial charge in [-0.3, -0.25) is 4.68 Å². The lowest BCUT2D eigenvalue weighted by molar-refractivity contribution is 0.552. The number of hydrogen-bond donors (Lipinski definition) is 1. The molecule has 1 unspecified atom stereocenters. The molecule has 2 rings (SSSR count). The Labute approximate surface area is 114 Å². The maximum absolute atomic E-state index is 4.28. The van der Waals surface area contributed by atoms with Crippen molar-refractivity contribution in [2.45, 2.75) is 40.3 Å². The first-order valence-electron chi connectivity index (χ1n) is 6.63. The van der Waals surface area contributed by atoms with Gasteiger partial charge in [0.1, 0.15) is 6.33 Å². The molecule has 0 aliphatic carbocycles. The second-order valence-corrected chi connectivity index (χ2v) is 5.25. The van der Waals surface area contributed by atoms with E-state index in [0.717, 1.165) is 5.82 Å². The fourth-order valence-corrected chi connectivity index (χ4v) is 2.69. The summed E-state index contributed by atoms with van der Waals surface area (Å²) in [5, 5.41) is 7.77. The highest BCUT2D eigenvalue weighted by Gasteiger charge is 2.12. The molecular weight excluding hydrogens is 236 g/mol. The summed E-state index contributed by atoms with van der Waals surface area (Å²) in [6.45, 7) is 9.36. The highest BCUT2D eigenvalue weighted by molar-refractivity contribution is 5.39. The summed E-state index contributed by atoms with van der Waals surface area (Å²) in [5.74, 6) is 0.830. The number of aryl methyl sites for hydroxylation is 4. The van der Waals surface area contributed by atoms with E-state index in [4.69, 9.17) is 0 Å². The van der Waals surface area contributed by atoms with Crippen molar-refractivity contribution in [1.29, 1.82) is 0 Å². The van der Waals surface area contributed by atoms with Gasteiger partial charge in [0.15, 0.2) is 5.82 Å². The van der Waals surface area contributed by atoms with E-state index in [1.165, 1.54) is 22.3 Å². The molecule has 0 aliphatic heterocycles. The van der Waals surface area contributed by atoms with Crippen molar-refractivity contribution in [2.24, 2.45) is 7.05 Å². The van der Waals surface area contributed by atoms with Gasteiger partial charge in [-0.25, -0.2) is 4.98 Å². The molecule has 0 radical (unpaired) electrons. The first kappa shape index (κ1) is 13.7. The maximum Gasteiger partial charge on any atom is 0.164 e. The molecule has 102 valence electrons. The molecule has 0 fully saturated rings. The molecule has 2 aromatic rings. The van der Waals surface area contributed by atoms with Gasteiger partial charge in [0.2, 0.25) is 0 Å². The monoisotopic (exact) mass is 258 g/mol. The molecule has 0 aliphatic rings. The van der Waals surface area contributed by atoms with Crippen LogP contribution in [0.25, 0.3) is 0 Å². The first-order valence-corrected chi connectivity index (χ1v) is 6.63. The molecule has 1 heterocycles. The molecule has 1 aromatic heterocycles. The van der Waals surface area contributed by atoms with E-state index in [9.17, 15) is 0 Å². The summed E-state index contributed by atoms with van der Waals surface area (Å²) >= 11 is 0. The zero-order valence-electron chi connectivity index (χ0n) is 12.4. The number of hydrogen-bond acceptors (Lipinski definition) is 3. The van der Waals surface area contributed by atoms with Crippen LogP contribution >= 0.6 is 0 Å². The Balaban J connectivity index is 2.10. The molecule has 4 nitrogen and oxygen atoms in total. The molecule has 0 amide bonds. The molecule has 0 bridgehead atoms. The summed E-state index contributed by atoms with van der Waals surface area (Å²) < 4.78 is 1.73. The highest BCUT2D eigenvalue weighted by atomic mass is 15.3. The van der Waals surface area contributed by atoms with E-state index < -0.39 is 0 Å². The van der Waals surface area contributed by atoms with Gasteiger partial charge in [0, 0.05) is 13.1 Å². The van der Waals surface area contributed by atoms with Crippen LogP contribution in [-0.4, -0.2) is 14.8 Å². The fraction of sp³-hybridized carbons (Fsp3) is 0.467. The van der Waals surface area contributed by atoms with Gasteiger partial charge in [-0.1, -0.05) is 17.7 Å². The van der Waals surface area contributed by atoms with Crippen molar-refractivity contribution in [3.8, 4) is 0 Å². The van der Waals surface area contributed by atoms with Crippen LogP contribution in [0.1, 0.15) is 41.0 Å². The van der Waals surface area contributed by atoms with Crippen molar-refractivity contribution >= 4 is 0 Å². The second kappa shape index (κ2) is 5.53. The van der Waals surface area contributed by atoms with Crippen molar-refractivity contribution in [1.82, 2.24) is 20.1 Å². The van der Waals surface area contributed by atoms with Gasteiger partial charge in [-0.05, 0) is 44.4 Å². The van der Waals surface area contributed by atoms with Gasteiger partial charge in [-0.2, -0.15) is 5.10 Å². The smallest absolute Gasteiger partial charge is 0.164 e. The summed E-state index contributed by atoms with van der Waals surface area (Å²) in [4.78, 5) is 4.23. The quantitative estimate of drug-likeness (QED) is 0.916. The predicted molar refractivity (Wildman–Crippen MR) is 76.9 cm³/mol. The minimum Gasteiger partial charge on any atom is -0.303 e. The third-order valence-corrected chi connectivity index (χ3v) is 3.38. The third-order valence-electron chi connectivity index (χ3n) is 3.38. The molecular formula is C15H22N4. The van der Waals surface area contributed by atoms with E-state index in [0.29, 0.717) is 12.6 Å². The minimum atomic E-state index is 0.296. The molecule has 0 spiro atoms. The minimum absolute atomic E-state index is 0.296. The van der Waals surface area contributed by atoms with E-state index >= 15 is 0 Å². The van der Waals surface area contributed by atoms with Crippen LogP contribution in [0.5, 0.6) is 0 Å². The Morgan fingerprint density at radius 2 is 1.84 bits per heavy atom. The van der Waals surface area contributed by atoms with Gasteiger partial charge in [0.25, 0.3) is 0 Å². The standard InChI is InChI=1S/C15H22N4/c1-10-6-11(2)15(12(3)7-10)13(4)16-8-14-17-9-19(5)18-14/h6-7,9,13,16H,8H2,1-5H3. The number of benzene rings is 1. The van der Waals surface area contributed by atoms with E-state index in [2.05, 4.69) is 55.2 Å². The Kier molecular flexibility index (Phi) is 4.00. The molecule has 0 saturated carbocycles. The van der Waals surface area contributed by atoms with Crippen molar-refractivity contribution < 1.29 is 0 Å². The van der Waals surface area contributed by atoms with E-state index in [1.807, 2.05) is 7.05 Å². The Hall–Kier alpha value is -1.68. The maximum atomic E-state index is 4.28. The Morgan fingerprint density at radius 3 is 2.37 bits per heavy atom. The third kappa shape index (κ3) is 3.20. The highest BCUT2D eigenvalue weighted by Crippen LogP contribution is 2.23. The second-order valence-electron chi connectivity index (χ2n) is 5.25. The van der Waals surface area contributed by atoms with Crippen LogP contribution in [0, 0.1) is 20.8 Å². The molecule has 0 saturated heterocycles. The lowest BCUT2D eigenvalue weighted by atomic mass is 9.95. The van der Waals surface area contributed by atoms with Crippen molar-refractivity contribution in [3.63, 3.8) is 0 Å². The van der Waals surface area contributed by atoms with Crippen LogP contribution in [-0.2, 0) is 13.6 Å². The summed E-state index contributed by atoms with van der Waals surface area (Å²) in [6, 6.07) is 4.77. The normalized spacial score (nSPS) is 12.7. The molecule has 1 atom stereocenters. The lowest BCUT2D eigenvalue weighted by Crippen LogP contribution is -2.20. The Bertz CT molecular complexity index is 548. The van der Waals surface area contributed by atoms with Gasteiger partial charge in [-0.15, -0.1) is 0 Å². The van der Waals surface area contributed by atoms with Gasteiger partial charge in [0.05, 0.1) is 6.54 Å². The summed E-state index contributed by atoms with van der Waals surface area (Å²) in [6.07, 6.45) is 1.73. The SMILES string of the molecule is Cc1cc(C)c(C(C)NCc2ncn(C)n2)c(C)c1. The van der Waals surface area contributed by atoms with E-state index in [1.54, 1.807) is 11.0 Å². The van der Waals surface area contributed by atoms with Crippen LogP contribution in [0.3, 0.4) is 0 Å². The molecule has 1 aromatic carbocycles. The number of aromatic nitrogens is 3. The summed E-state index contributed by atoms with van der Waals surface area (Å²) in [5.41, 5.74) is 5.37. The lowest BCUT2D eigenvalue weighted by Gasteiger charge is -2.19. The number of nitrogens with zero attached hydrogens (tertiary/aromatic N) is 3. The summed E-state index contributed by atoms with van der Waals surface area (Å²) in [7, 11) is 1.88. The van der Waals surface area contributed by atoms with Gasteiger partial charge < -0.3 is 5.32 Å². The van der Waals surface area contributed by atoms with Crippen LogP contribution in [0.15, 0.2) is 18.5 Å². The predicted octanol–water partition coefficient (Wildman–Crippen LogP) is 2.59. The van der Waals surface area contributed by atoms with Crippen LogP contribution in [0.4, 0.5) is 0 Å². The Morgan fingerprint density at radius 1 is 1.21 bits per heavy atom. The first-order chi connectivity index (χ1) is 8.97. The number of nitrogens with one attached hydrogen (secondary N) is 1. The van der Waals surface area contributed by atoms with E-state index in [-0.39, 0.29) is 0 Å².